The Hall–Kier alpha value is -4.04. The number of esters is 1. The van der Waals surface area contributed by atoms with E-state index in [2.05, 4.69) is 30.0 Å². The lowest BCUT2D eigenvalue weighted by atomic mass is 9.86. The minimum absolute atomic E-state index is 0.00614. The van der Waals surface area contributed by atoms with Gasteiger partial charge in [-0.2, -0.15) is 0 Å². The number of aryl methyl sites for hydroxylation is 2. The minimum atomic E-state index is -2.08. The molecule has 0 bridgehead atoms. The maximum atomic E-state index is 13.3. The molecule has 0 saturated heterocycles. The van der Waals surface area contributed by atoms with E-state index in [0.717, 1.165) is 35.2 Å². The molecule has 188 valence electrons. The van der Waals surface area contributed by atoms with Crippen LogP contribution in [0.3, 0.4) is 0 Å². The highest BCUT2D eigenvalue weighted by Crippen LogP contribution is 2.37. The number of carbonyl (C=O) groups is 1. The third kappa shape index (κ3) is 3.88. The molecule has 37 heavy (non-hydrogen) atoms. The maximum absolute atomic E-state index is 13.3. The molecule has 0 spiro atoms. The summed E-state index contributed by atoms with van der Waals surface area (Å²) in [5.74, 6) is -0.0667. The van der Waals surface area contributed by atoms with Crippen molar-refractivity contribution in [2.45, 2.75) is 52.0 Å². The molecule has 8 nitrogen and oxygen atoms in total. The zero-order valence-electron chi connectivity index (χ0n) is 20.8. The first-order chi connectivity index (χ1) is 17.9. The number of benzene rings is 1. The van der Waals surface area contributed by atoms with E-state index in [-0.39, 0.29) is 29.7 Å². The summed E-state index contributed by atoms with van der Waals surface area (Å²) in [6.45, 7) is 5.35. The number of aromatic nitrogens is 3. The summed E-state index contributed by atoms with van der Waals surface area (Å²) in [4.78, 5) is 30.4. The summed E-state index contributed by atoms with van der Waals surface area (Å²) >= 11 is 0. The number of pyridine rings is 3. The third-order valence-electron chi connectivity index (χ3n) is 7.28. The van der Waals surface area contributed by atoms with Gasteiger partial charge in [-0.3, -0.25) is 9.59 Å². The van der Waals surface area contributed by atoms with E-state index >= 15 is 0 Å². The second-order valence-electron chi connectivity index (χ2n) is 9.74. The molecule has 3 aromatic heterocycles. The average molecular weight is 498 g/mol. The van der Waals surface area contributed by atoms with Crippen LogP contribution in [-0.4, -0.2) is 22.1 Å². The number of nitrogens with zero attached hydrogens (tertiary/aromatic N) is 3. The molecule has 2 aliphatic heterocycles. The van der Waals surface area contributed by atoms with Gasteiger partial charge in [-0.25, -0.2) is 9.55 Å². The standard InChI is InChI=1S/C29H27N3O5/c1-3-29(35)23-14-25-26-20(16-32(25)27(33)22(23)17-37-28(29)34)12-19-13-21(7-8-24(19)30-26)36-11-5-10-31-9-4-6-18(2)15-31/h4,6-9,12-15H,3,5,10-11,16-17H2,1-2H3/t29-/m0/s1. The van der Waals surface area contributed by atoms with Gasteiger partial charge >= 0.3 is 0 Å². The van der Waals surface area contributed by atoms with Gasteiger partial charge < -0.3 is 19.1 Å². The van der Waals surface area contributed by atoms with Crippen molar-refractivity contribution in [3.63, 3.8) is 0 Å². The van der Waals surface area contributed by atoms with Crippen molar-refractivity contribution >= 4 is 16.9 Å². The van der Waals surface area contributed by atoms with E-state index in [1.165, 1.54) is 5.56 Å². The fourth-order valence-corrected chi connectivity index (χ4v) is 5.27. The number of rotatable bonds is 6. The Kier molecular flexibility index (Phi) is 5.56. The topological polar surface area (TPSA) is 97.4 Å². The van der Waals surface area contributed by atoms with Crippen molar-refractivity contribution in [3.05, 3.63) is 87.5 Å². The summed E-state index contributed by atoms with van der Waals surface area (Å²) < 4.78 is 14.9. The van der Waals surface area contributed by atoms with E-state index in [1.807, 2.05) is 30.3 Å². The van der Waals surface area contributed by atoms with Crippen molar-refractivity contribution < 1.29 is 23.9 Å². The zero-order chi connectivity index (χ0) is 25.7. The first-order valence-electron chi connectivity index (χ1n) is 12.5. The number of ether oxygens (including phenoxy) is 2. The molecular weight excluding hydrogens is 470 g/mol. The molecular formula is C29H27N3O5. The zero-order valence-corrected chi connectivity index (χ0v) is 20.8. The molecule has 1 aromatic carbocycles. The highest BCUT2D eigenvalue weighted by molar-refractivity contribution is 5.86. The predicted octanol–water partition coefficient (Wildman–Crippen LogP) is 2.51. The van der Waals surface area contributed by atoms with Crippen LogP contribution in [0.2, 0.25) is 0 Å². The summed E-state index contributed by atoms with van der Waals surface area (Å²) in [5.41, 5.74) is 2.21. The van der Waals surface area contributed by atoms with Gasteiger partial charge in [0.2, 0.25) is 0 Å². The lowest BCUT2D eigenvalue weighted by molar-refractivity contribution is -0.697. The van der Waals surface area contributed by atoms with E-state index in [0.29, 0.717) is 24.5 Å². The van der Waals surface area contributed by atoms with Crippen LogP contribution in [-0.2, 0) is 34.8 Å². The number of fused-ring (bicyclic) bond motifs is 5. The van der Waals surface area contributed by atoms with Crippen molar-refractivity contribution in [2.24, 2.45) is 0 Å². The maximum Gasteiger partial charge on any atom is 0.300 e. The molecule has 8 heteroatoms. The van der Waals surface area contributed by atoms with Crippen LogP contribution in [0.1, 0.15) is 42.0 Å². The molecule has 0 N–H and O–H groups in total. The van der Waals surface area contributed by atoms with Gasteiger partial charge in [0.05, 0.1) is 35.6 Å². The second-order valence-corrected chi connectivity index (χ2v) is 9.74. The van der Waals surface area contributed by atoms with Crippen molar-refractivity contribution in [3.8, 4) is 17.1 Å². The fraction of sp³-hybridized carbons (Fsp3) is 0.310. The Bertz CT molecular complexity index is 1630. The lowest BCUT2D eigenvalue weighted by Gasteiger charge is -2.41. The smallest absolute Gasteiger partial charge is 0.300 e. The minimum Gasteiger partial charge on any atom is -0.838 e. The largest absolute Gasteiger partial charge is 0.838 e. The molecule has 2 aliphatic rings. The predicted molar refractivity (Wildman–Crippen MR) is 134 cm³/mol. The van der Waals surface area contributed by atoms with Gasteiger partial charge in [0.25, 0.3) is 11.5 Å². The molecule has 0 unspecified atom stereocenters. The molecule has 4 aromatic rings. The monoisotopic (exact) mass is 497 g/mol. The molecule has 0 fully saturated rings. The Morgan fingerprint density at radius 2 is 2.08 bits per heavy atom. The molecule has 0 amide bonds. The van der Waals surface area contributed by atoms with Gasteiger partial charge in [0, 0.05) is 34.6 Å². The number of cyclic esters (lactones) is 1. The highest BCUT2D eigenvalue weighted by Gasteiger charge is 2.38. The summed E-state index contributed by atoms with van der Waals surface area (Å²) in [5, 5.41) is 14.2. The molecule has 0 radical (unpaired) electrons. The fourth-order valence-electron chi connectivity index (χ4n) is 5.27. The van der Waals surface area contributed by atoms with Crippen LogP contribution in [0.5, 0.6) is 5.75 Å². The highest BCUT2D eigenvalue weighted by atomic mass is 16.6. The Balaban J connectivity index is 1.27. The number of carbonyl (C=O) groups excluding carboxylic acids is 1. The normalized spacial score (nSPS) is 17.8. The molecule has 0 aliphatic carbocycles. The summed E-state index contributed by atoms with van der Waals surface area (Å²) in [6, 6.07) is 13.6. The Morgan fingerprint density at radius 3 is 2.89 bits per heavy atom. The summed E-state index contributed by atoms with van der Waals surface area (Å²) in [6.07, 6.45) is 5.06. The molecule has 0 saturated carbocycles. The number of hydrogen-bond acceptors (Lipinski definition) is 6. The summed E-state index contributed by atoms with van der Waals surface area (Å²) in [7, 11) is 0. The van der Waals surface area contributed by atoms with E-state index in [4.69, 9.17) is 14.5 Å². The Labute approximate surface area is 213 Å². The van der Waals surface area contributed by atoms with Crippen molar-refractivity contribution in [1.29, 1.82) is 0 Å². The quantitative estimate of drug-likeness (QED) is 0.203. The second kappa shape index (κ2) is 8.81. The van der Waals surface area contributed by atoms with Crippen LogP contribution in [0.15, 0.2) is 59.7 Å². The van der Waals surface area contributed by atoms with Crippen molar-refractivity contribution in [2.75, 3.05) is 6.61 Å². The number of hydrogen-bond donors (Lipinski definition) is 0. The van der Waals surface area contributed by atoms with Crippen LogP contribution in [0.4, 0.5) is 0 Å². The van der Waals surface area contributed by atoms with Gasteiger partial charge in [-0.15, -0.1) is 0 Å². The van der Waals surface area contributed by atoms with Crippen molar-refractivity contribution in [1.82, 2.24) is 9.55 Å². The van der Waals surface area contributed by atoms with Gasteiger partial charge in [0.1, 0.15) is 12.4 Å². The third-order valence-corrected chi connectivity index (χ3v) is 7.28. The van der Waals surface area contributed by atoms with Crippen LogP contribution < -0.4 is 20.0 Å². The van der Waals surface area contributed by atoms with Gasteiger partial charge in [0.15, 0.2) is 18.9 Å². The van der Waals surface area contributed by atoms with Crippen LogP contribution >= 0.6 is 0 Å². The SMILES string of the molecule is CC[C@@]1([O-])C(=O)OCc2c1cc1n(c2=O)Cc2cc3cc(OCCC[n+]4cccc(C)c4)ccc3nc2-1. The average Bonchev–Trinajstić information content (AvgIpc) is 3.25. The lowest BCUT2D eigenvalue weighted by Crippen LogP contribution is -2.53. The first-order valence-corrected chi connectivity index (χ1v) is 12.5. The molecule has 1 atom stereocenters. The molecule has 6 rings (SSSR count). The Morgan fingerprint density at radius 1 is 1.22 bits per heavy atom. The van der Waals surface area contributed by atoms with Crippen LogP contribution in [0, 0.1) is 6.92 Å². The first kappa shape index (κ1) is 23.4. The van der Waals surface area contributed by atoms with Gasteiger partial charge in [-0.1, -0.05) is 13.3 Å². The van der Waals surface area contributed by atoms with Crippen LogP contribution in [0.25, 0.3) is 22.3 Å². The van der Waals surface area contributed by atoms with Gasteiger partial charge in [-0.05, 0) is 48.9 Å². The van der Waals surface area contributed by atoms with E-state index in [1.54, 1.807) is 17.6 Å². The molecule has 5 heterocycles. The van der Waals surface area contributed by atoms with E-state index in [9.17, 15) is 14.7 Å². The van der Waals surface area contributed by atoms with E-state index < -0.39 is 11.6 Å².